The van der Waals surface area contributed by atoms with E-state index < -0.39 is 0 Å². The molecule has 0 aliphatic heterocycles. The Labute approximate surface area is 306 Å². The molecule has 256 valence electrons. The Morgan fingerprint density at radius 2 is 0.824 bits per heavy atom. The number of hydrogen-bond acceptors (Lipinski definition) is 1. The minimum Gasteiger partial charge on any atom is -0.331 e. The highest BCUT2D eigenvalue weighted by Crippen LogP contribution is 2.54. The summed E-state index contributed by atoms with van der Waals surface area (Å²) >= 11 is 0. The van der Waals surface area contributed by atoms with E-state index in [0.717, 1.165) is 12.8 Å². The Balaban J connectivity index is 1.20. The van der Waals surface area contributed by atoms with Gasteiger partial charge in [-0.2, -0.15) is 0 Å². The van der Waals surface area contributed by atoms with Gasteiger partial charge in [-0.3, -0.25) is 0 Å². The Morgan fingerprint density at radius 1 is 0.431 bits per heavy atom. The van der Waals surface area contributed by atoms with Crippen molar-refractivity contribution in [1.82, 2.24) is 0 Å². The van der Waals surface area contributed by atoms with Gasteiger partial charge in [-0.05, 0) is 105 Å². The van der Waals surface area contributed by atoms with E-state index in [0.29, 0.717) is 0 Å². The van der Waals surface area contributed by atoms with Crippen LogP contribution in [0, 0.1) is 0 Å². The monoisotopic (exact) mass is 665 g/mol. The van der Waals surface area contributed by atoms with E-state index in [2.05, 4.69) is 200 Å². The van der Waals surface area contributed by atoms with Crippen LogP contribution in [0.5, 0.6) is 0 Å². The van der Waals surface area contributed by atoms with Gasteiger partial charge in [-0.1, -0.05) is 164 Å². The zero-order valence-electron chi connectivity index (χ0n) is 31.6. The molecular weight excluding hydrogens is 615 g/mol. The second-order valence-corrected chi connectivity index (χ2v) is 16.4. The van der Waals surface area contributed by atoms with Gasteiger partial charge in [0, 0.05) is 27.6 Å². The van der Waals surface area contributed by atoms with Crippen molar-refractivity contribution >= 4 is 11.4 Å². The van der Waals surface area contributed by atoms with Crippen LogP contribution in [0.3, 0.4) is 0 Å². The van der Waals surface area contributed by atoms with Crippen LogP contribution in [0.15, 0.2) is 140 Å². The SMILES string of the molecule is CCC(C)(c1ccc2c(c1)C(C)(C)c1ccccc1-2)c1ccc2c(c1)C(C)(C)c1cc(C(C)(CC)N(c3ccccc3)c3ccccc3)ccc1-2. The topological polar surface area (TPSA) is 3.24 Å². The minimum atomic E-state index is -0.254. The number of rotatable bonds is 8. The molecular formula is C50H51N. The summed E-state index contributed by atoms with van der Waals surface area (Å²) < 4.78 is 0. The summed E-state index contributed by atoms with van der Waals surface area (Å²) in [6.07, 6.45) is 1.99. The molecule has 0 saturated carbocycles. The maximum atomic E-state index is 2.55. The van der Waals surface area contributed by atoms with Gasteiger partial charge in [0.25, 0.3) is 0 Å². The van der Waals surface area contributed by atoms with Crippen LogP contribution in [0.25, 0.3) is 22.3 Å². The third kappa shape index (κ3) is 4.88. The summed E-state index contributed by atoms with van der Waals surface area (Å²) in [5.74, 6) is 0. The molecule has 51 heavy (non-hydrogen) atoms. The normalized spacial score (nSPS) is 17.0. The molecule has 1 nitrogen and oxygen atoms in total. The van der Waals surface area contributed by atoms with Gasteiger partial charge in [-0.15, -0.1) is 0 Å². The Morgan fingerprint density at radius 3 is 1.29 bits per heavy atom. The summed E-state index contributed by atoms with van der Waals surface area (Å²) in [7, 11) is 0. The maximum Gasteiger partial charge on any atom is 0.0671 e. The molecule has 6 aromatic rings. The zero-order chi connectivity index (χ0) is 35.8. The third-order valence-corrected chi connectivity index (χ3v) is 13.1. The largest absolute Gasteiger partial charge is 0.331 e. The van der Waals surface area contributed by atoms with Crippen molar-refractivity contribution < 1.29 is 0 Å². The molecule has 0 aromatic heterocycles. The van der Waals surface area contributed by atoms with Crippen LogP contribution in [0.1, 0.15) is 107 Å². The van der Waals surface area contributed by atoms with Gasteiger partial charge >= 0.3 is 0 Å². The number of para-hydroxylation sites is 2. The number of hydrogen-bond donors (Lipinski definition) is 0. The smallest absolute Gasteiger partial charge is 0.0671 e. The van der Waals surface area contributed by atoms with E-state index >= 15 is 0 Å². The second-order valence-electron chi connectivity index (χ2n) is 16.4. The minimum absolute atomic E-state index is 0.0144. The third-order valence-electron chi connectivity index (χ3n) is 13.1. The van der Waals surface area contributed by atoms with Crippen molar-refractivity contribution in [3.05, 3.63) is 178 Å². The van der Waals surface area contributed by atoms with Gasteiger partial charge in [0.15, 0.2) is 0 Å². The van der Waals surface area contributed by atoms with Crippen molar-refractivity contribution in [2.45, 2.75) is 90.0 Å². The van der Waals surface area contributed by atoms with E-state index in [4.69, 9.17) is 0 Å². The van der Waals surface area contributed by atoms with Crippen molar-refractivity contribution in [1.29, 1.82) is 0 Å². The standard InChI is InChI=1S/C50H51N/c1-9-49(7,34-25-28-40-39-23-17-18-24-43(39)47(3,4)44(40)31-34)35-26-29-41-42-30-27-36(33-46(42)48(5,6)45(41)32-35)50(8,10-2)51(37-19-13-11-14-20-37)38-21-15-12-16-22-38/h11-33H,9-10H2,1-8H3. The van der Waals surface area contributed by atoms with Crippen molar-refractivity contribution in [3.8, 4) is 22.3 Å². The highest BCUT2D eigenvalue weighted by molar-refractivity contribution is 5.83. The zero-order valence-corrected chi connectivity index (χ0v) is 31.6. The van der Waals surface area contributed by atoms with Crippen molar-refractivity contribution in [3.63, 3.8) is 0 Å². The molecule has 0 fully saturated rings. The molecule has 0 saturated heterocycles. The summed E-state index contributed by atoms with van der Waals surface area (Å²) in [6, 6.07) is 52.7. The van der Waals surface area contributed by atoms with Crippen LogP contribution < -0.4 is 4.90 Å². The fraction of sp³-hybridized carbons (Fsp3) is 0.280. The molecule has 8 rings (SSSR count). The number of nitrogens with zero attached hydrogens (tertiary/aromatic N) is 1. The first-order valence-corrected chi connectivity index (χ1v) is 18.9. The van der Waals surface area contributed by atoms with Gasteiger partial charge in [0.1, 0.15) is 0 Å². The highest BCUT2D eigenvalue weighted by Gasteiger charge is 2.42. The molecule has 0 bridgehead atoms. The predicted molar refractivity (Wildman–Crippen MR) is 217 cm³/mol. The number of benzene rings is 6. The van der Waals surface area contributed by atoms with Gasteiger partial charge in [-0.25, -0.2) is 0 Å². The van der Waals surface area contributed by atoms with Crippen molar-refractivity contribution in [2.24, 2.45) is 0 Å². The molecule has 1 heteroatoms. The Kier molecular flexibility index (Phi) is 7.73. The summed E-state index contributed by atoms with van der Waals surface area (Å²) in [5.41, 5.74) is 17.3. The Bertz CT molecular complexity index is 2220. The van der Waals surface area contributed by atoms with Gasteiger partial charge in [0.05, 0.1) is 5.54 Å². The van der Waals surface area contributed by atoms with E-state index in [-0.39, 0.29) is 21.8 Å². The van der Waals surface area contributed by atoms with Crippen LogP contribution >= 0.6 is 0 Å². The fourth-order valence-corrected chi connectivity index (χ4v) is 9.40. The first-order valence-electron chi connectivity index (χ1n) is 18.9. The van der Waals surface area contributed by atoms with Crippen LogP contribution in [-0.4, -0.2) is 0 Å². The van der Waals surface area contributed by atoms with Crippen LogP contribution in [0.2, 0.25) is 0 Å². The lowest BCUT2D eigenvalue weighted by Gasteiger charge is -2.43. The summed E-state index contributed by atoms with van der Waals surface area (Å²) in [5, 5.41) is 0. The molecule has 0 radical (unpaired) electrons. The molecule has 6 aromatic carbocycles. The van der Waals surface area contributed by atoms with E-state index in [1.165, 1.54) is 72.6 Å². The lowest BCUT2D eigenvalue weighted by atomic mass is 9.70. The molecule has 0 spiro atoms. The number of anilines is 2. The first kappa shape index (κ1) is 33.3. The molecule has 2 atom stereocenters. The van der Waals surface area contributed by atoms with Crippen LogP contribution in [-0.2, 0) is 21.8 Å². The molecule has 0 amide bonds. The van der Waals surface area contributed by atoms with E-state index in [1.54, 1.807) is 0 Å². The summed E-state index contributed by atoms with van der Waals surface area (Å²) in [6.45, 7) is 19.2. The fourth-order valence-electron chi connectivity index (χ4n) is 9.40. The average molecular weight is 666 g/mol. The quantitative estimate of drug-likeness (QED) is 0.156. The lowest BCUT2D eigenvalue weighted by molar-refractivity contribution is 0.462. The molecule has 2 unspecified atom stereocenters. The summed E-state index contributed by atoms with van der Waals surface area (Å²) in [4.78, 5) is 2.53. The number of fused-ring (bicyclic) bond motifs is 6. The molecule has 0 N–H and O–H groups in total. The molecule has 2 aliphatic rings. The van der Waals surface area contributed by atoms with Crippen molar-refractivity contribution in [2.75, 3.05) is 4.90 Å². The first-order chi connectivity index (χ1) is 24.4. The van der Waals surface area contributed by atoms with Crippen LogP contribution in [0.4, 0.5) is 11.4 Å². The van der Waals surface area contributed by atoms with E-state index in [9.17, 15) is 0 Å². The highest BCUT2D eigenvalue weighted by atomic mass is 15.2. The van der Waals surface area contributed by atoms with Gasteiger partial charge < -0.3 is 4.90 Å². The van der Waals surface area contributed by atoms with Gasteiger partial charge in [0.2, 0.25) is 0 Å². The molecule has 2 aliphatic carbocycles. The predicted octanol–water partition coefficient (Wildman–Crippen LogP) is 13.5. The lowest BCUT2D eigenvalue weighted by Crippen LogP contribution is -2.40. The second kappa shape index (κ2) is 11.8. The Hall–Kier alpha value is -4.88. The molecule has 0 heterocycles. The van der Waals surface area contributed by atoms with E-state index in [1.807, 2.05) is 0 Å². The maximum absolute atomic E-state index is 2.55. The average Bonchev–Trinajstić information content (AvgIpc) is 3.54.